The van der Waals surface area contributed by atoms with Gasteiger partial charge in [-0.25, -0.2) is 4.39 Å². The minimum Gasteiger partial charge on any atom is -0.494 e. The number of ketones is 1. The molecule has 0 radical (unpaired) electrons. The highest BCUT2D eigenvalue weighted by Crippen LogP contribution is 2.21. The molecule has 0 spiro atoms. The van der Waals surface area contributed by atoms with Crippen molar-refractivity contribution in [2.45, 2.75) is 12.5 Å². The van der Waals surface area contributed by atoms with Crippen molar-refractivity contribution in [2.24, 2.45) is 5.92 Å². The van der Waals surface area contributed by atoms with E-state index in [-0.39, 0.29) is 29.9 Å². The summed E-state index contributed by atoms with van der Waals surface area (Å²) in [4.78, 5) is 12.2. The lowest BCUT2D eigenvalue weighted by Crippen LogP contribution is -2.37. The van der Waals surface area contributed by atoms with Gasteiger partial charge in [0.15, 0.2) is 11.6 Å². The summed E-state index contributed by atoms with van der Waals surface area (Å²) in [6.45, 7) is 0.979. The molecule has 1 aliphatic rings. The van der Waals surface area contributed by atoms with Crippen LogP contribution in [0.25, 0.3) is 0 Å². The van der Waals surface area contributed by atoms with Gasteiger partial charge in [0, 0.05) is 12.5 Å². The van der Waals surface area contributed by atoms with Crippen LogP contribution in [0, 0.1) is 11.7 Å². The van der Waals surface area contributed by atoms with Crippen LogP contribution in [0.5, 0.6) is 5.75 Å². The highest BCUT2D eigenvalue weighted by molar-refractivity contribution is 5.84. The van der Waals surface area contributed by atoms with Gasteiger partial charge in [-0.1, -0.05) is 6.07 Å². The molecule has 1 fully saturated rings. The van der Waals surface area contributed by atoms with Gasteiger partial charge in [0.2, 0.25) is 0 Å². The summed E-state index contributed by atoms with van der Waals surface area (Å²) >= 11 is 0. The number of ether oxygens (including phenoxy) is 2. The fourth-order valence-corrected chi connectivity index (χ4v) is 2.31. The third-order valence-electron chi connectivity index (χ3n) is 3.46. The fraction of sp³-hybridized carbons (Fsp3) is 0.500. The van der Waals surface area contributed by atoms with Crippen molar-refractivity contribution in [1.82, 2.24) is 5.32 Å². The summed E-state index contributed by atoms with van der Waals surface area (Å²) in [7, 11) is 3.23. The molecule has 1 aromatic rings. The third kappa shape index (κ3) is 3.11. The number of hydrogen-bond acceptors (Lipinski definition) is 4. The van der Waals surface area contributed by atoms with Crippen molar-refractivity contribution in [3.05, 3.63) is 29.6 Å². The molecule has 4 nitrogen and oxygen atoms in total. The van der Waals surface area contributed by atoms with Crippen LogP contribution in [-0.4, -0.2) is 39.2 Å². The molecule has 0 bridgehead atoms. The number of halogens is 1. The van der Waals surface area contributed by atoms with E-state index in [1.807, 2.05) is 7.05 Å². The van der Waals surface area contributed by atoms with E-state index in [2.05, 4.69) is 5.32 Å². The van der Waals surface area contributed by atoms with Gasteiger partial charge >= 0.3 is 0 Å². The van der Waals surface area contributed by atoms with Gasteiger partial charge in [-0.2, -0.15) is 0 Å². The first kappa shape index (κ1) is 14.0. The molecular formula is C14H18FNO3. The van der Waals surface area contributed by atoms with E-state index in [4.69, 9.17) is 9.47 Å². The Bertz CT molecular complexity index is 464. The van der Waals surface area contributed by atoms with Gasteiger partial charge in [0.05, 0.1) is 26.2 Å². The molecule has 0 amide bonds. The van der Waals surface area contributed by atoms with Gasteiger partial charge in [0.1, 0.15) is 5.78 Å². The normalized spacial score (nSPS) is 22.5. The standard InChI is InChI=1S/C14H18FNO3/c1-16-12-8-19-7-10(12)13(17)6-9-3-4-14(18-2)11(15)5-9/h3-5,10,12,16H,6-8H2,1-2H3. The lowest BCUT2D eigenvalue weighted by molar-refractivity contribution is -0.122. The number of carbonyl (C=O) groups is 1. The minimum absolute atomic E-state index is 0.0515. The molecule has 0 aromatic heterocycles. The molecule has 1 heterocycles. The molecule has 0 aliphatic carbocycles. The number of likely N-dealkylation sites (N-methyl/N-ethyl adjacent to an activating group) is 1. The Kier molecular flexibility index (Phi) is 4.50. The van der Waals surface area contributed by atoms with Gasteiger partial charge in [-0.05, 0) is 24.7 Å². The summed E-state index contributed by atoms with van der Waals surface area (Å²) in [5, 5.41) is 3.07. The lowest BCUT2D eigenvalue weighted by Gasteiger charge is -2.15. The maximum atomic E-state index is 13.5. The SMILES string of the molecule is CNC1COCC1C(=O)Cc1ccc(OC)c(F)c1. The van der Waals surface area contributed by atoms with E-state index in [1.54, 1.807) is 12.1 Å². The second-order valence-corrected chi connectivity index (χ2v) is 4.65. The number of nitrogens with one attached hydrogen (secondary N) is 1. The molecule has 0 saturated carbocycles. The molecular weight excluding hydrogens is 249 g/mol. The third-order valence-corrected chi connectivity index (χ3v) is 3.46. The van der Waals surface area contributed by atoms with Crippen LogP contribution in [-0.2, 0) is 16.0 Å². The Morgan fingerprint density at radius 1 is 1.53 bits per heavy atom. The molecule has 1 N–H and O–H groups in total. The zero-order valence-electron chi connectivity index (χ0n) is 11.1. The van der Waals surface area contributed by atoms with Crippen LogP contribution in [0.3, 0.4) is 0 Å². The molecule has 19 heavy (non-hydrogen) atoms. The van der Waals surface area contributed by atoms with Crippen molar-refractivity contribution in [1.29, 1.82) is 0 Å². The summed E-state index contributed by atoms with van der Waals surface area (Å²) in [6.07, 6.45) is 0.215. The molecule has 2 unspecified atom stereocenters. The molecule has 104 valence electrons. The maximum Gasteiger partial charge on any atom is 0.165 e. The second-order valence-electron chi connectivity index (χ2n) is 4.65. The molecule has 1 aromatic carbocycles. The number of Topliss-reactive ketones (excluding diaryl/α,β-unsaturated/α-hetero) is 1. The zero-order chi connectivity index (χ0) is 13.8. The van der Waals surface area contributed by atoms with E-state index in [0.29, 0.717) is 18.8 Å². The molecule has 2 atom stereocenters. The van der Waals surface area contributed by atoms with Gasteiger partial charge in [-0.3, -0.25) is 4.79 Å². The zero-order valence-corrected chi connectivity index (χ0v) is 11.1. The van der Waals surface area contributed by atoms with Gasteiger partial charge in [-0.15, -0.1) is 0 Å². The monoisotopic (exact) mass is 267 g/mol. The Hall–Kier alpha value is -1.46. The van der Waals surface area contributed by atoms with Crippen molar-refractivity contribution in [3.63, 3.8) is 0 Å². The molecule has 1 saturated heterocycles. The van der Waals surface area contributed by atoms with Gasteiger partial charge in [0.25, 0.3) is 0 Å². The van der Waals surface area contributed by atoms with Crippen molar-refractivity contribution in [3.8, 4) is 5.75 Å². The minimum atomic E-state index is -0.444. The van der Waals surface area contributed by atoms with Crippen LogP contribution in [0.4, 0.5) is 4.39 Å². The maximum absolute atomic E-state index is 13.5. The summed E-state index contributed by atoms with van der Waals surface area (Å²) < 4.78 is 23.7. The van der Waals surface area contributed by atoms with Crippen molar-refractivity contribution in [2.75, 3.05) is 27.4 Å². The lowest BCUT2D eigenvalue weighted by atomic mass is 9.94. The van der Waals surface area contributed by atoms with Crippen LogP contribution in [0.15, 0.2) is 18.2 Å². The summed E-state index contributed by atoms with van der Waals surface area (Å²) in [5.74, 6) is -0.342. The Morgan fingerprint density at radius 3 is 2.95 bits per heavy atom. The van der Waals surface area contributed by atoms with Crippen LogP contribution < -0.4 is 10.1 Å². The number of carbonyl (C=O) groups excluding carboxylic acids is 1. The number of rotatable bonds is 5. The Balaban J connectivity index is 2.04. The second kappa shape index (κ2) is 6.12. The van der Waals surface area contributed by atoms with Gasteiger partial charge < -0.3 is 14.8 Å². The summed E-state index contributed by atoms with van der Waals surface area (Å²) in [6, 6.07) is 4.65. The molecule has 2 rings (SSSR count). The van der Waals surface area contributed by atoms with E-state index in [0.717, 1.165) is 0 Å². The number of benzene rings is 1. The highest BCUT2D eigenvalue weighted by atomic mass is 19.1. The molecule has 5 heteroatoms. The largest absolute Gasteiger partial charge is 0.494 e. The number of hydrogen-bond donors (Lipinski definition) is 1. The Morgan fingerprint density at radius 2 is 2.32 bits per heavy atom. The van der Waals surface area contributed by atoms with Crippen molar-refractivity contribution >= 4 is 5.78 Å². The van der Waals surface area contributed by atoms with E-state index in [1.165, 1.54) is 13.2 Å². The Labute approximate surface area is 111 Å². The smallest absolute Gasteiger partial charge is 0.165 e. The highest BCUT2D eigenvalue weighted by Gasteiger charge is 2.32. The predicted octanol–water partition coefficient (Wildman–Crippen LogP) is 1.18. The van der Waals surface area contributed by atoms with Crippen LogP contribution >= 0.6 is 0 Å². The first-order chi connectivity index (χ1) is 9.15. The van der Waals surface area contributed by atoms with E-state index >= 15 is 0 Å². The van der Waals surface area contributed by atoms with E-state index in [9.17, 15) is 9.18 Å². The number of methoxy groups -OCH3 is 1. The first-order valence-corrected chi connectivity index (χ1v) is 6.26. The predicted molar refractivity (Wildman–Crippen MR) is 68.8 cm³/mol. The first-order valence-electron chi connectivity index (χ1n) is 6.26. The topological polar surface area (TPSA) is 47.6 Å². The molecule has 1 aliphatic heterocycles. The average Bonchev–Trinajstić information content (AvgIpc) is 2.87. The van der Waals surface area contributed by atoms with Crippen LogP contribution in [0.1, 0.15) is 5.56 Å². The summed E-state index contributed by atoms with van der Waals surface area (Å²) in [5.41, 5.74) is 0.657. The quantitative estimate of drug-likeness (QED) is 0.870. The van der Waals surface area contributed by atoms with Crippen LogP contribution in [0.2, 0.25) is 0 Å². The fourth-order valence-electron chi connectivity index (χ4n) is 2.31. The van der Waals surface area contributed by atoms with Crippen molar-refractivity contribution < 1.29 is 18.7 Å². The van der Waals surface area contributed by atoms with E-state index < -0.39 is 5.82 Å². The average molecular weight is 267 g/mol.